The van der Waals surface area contributed by atoms with Crippen molar-refractivity contribution in [3.05, 3.63) is 0 Å². The normalized spacial score (nSPS) is 16.3. The van der Waals surface area contributed by atoms with Crippen LogP contribution in [0.5, 0.6) is 0 Å². The third kappa shape index (κ3) is 9.43. The van der Waals surface area contributed by atoms with E-state index >= 15 is 0 Å². The van der Waals surface area contributed by atoms with E-state index in [1.165, 1.54) is 18.7 Å². The van der Waals surface area contributed by atoms with Gasteiger partial charge in [-0.3, -0.25) is 14.4 Å². The number of carboxylic acids is 1. The predicted octanol–water partition coefficient (Wildman–Crippen LogP) is -2.37. The van der Waals surface area contributed by atoms with Gasteiger partial charge in [0.15, 0.2) is 0 Å². The highest BCUT2D eigenvalue weighted by Crippen LogP contribution is 2.06. The van der Waals surface area contributed by atoms with Crippen LogP contribution >= 0.6 is 11.8 Å². The van der Waals surface area contributed by atoms with Crippen LogP contribution in [0.1, 0.15) is 27.2 Å². The lowest BCUT2D eigenvalue weighted by molar-refractivity contribution is -0.144. The molecule has 0 aliphatic carbocycles. The summed E-state index contributed by atoms with van der Waals surface area (Å²) in [7, 11) is 0. The summed E-state index contributed by atoms with van der Waals surface area (Å²) in [5.74, 6) is -3.39. The number of hydrogen-bond acceptors (Lipinski definition) is 8. The molecule has 0 aromatic rings. The van der Waals surface area contributed by atoms with Crippen LogP contribution in [-0.2, 0) is 19.2 Å². The van der Waals surface area contributed by atoms with E-state index in [0.29, 0.717) is 12.2 Å². The molecule has 0 rings (SSSR count). The van der Waals surface area contributed by atoms with Crippen LogP contribution in [0.3, 0.4) is 0 Å². The lowest BCUT2D eigenvalue weighted by Crippen LogP contribution is -2.61. The first kappa shape index (κ1) is 27.1. The number of aliphatic hydroxyl groups is 2. The average molecular weight is 437 g/mol. The number of hydrogen-bond donors (Lipinski definition) is 7. The average Bonchev–Trinajstić information content (AvgIpc) is 2.64. The van der Waals surface area contributed by atoms with Gasteiger partial charge in [0.05, 0.1) is 18.8 Å². The molecule has 0 aromatic heterocycles. The maximum atomic E-state index is 12.6. The van der Waals surface area contributed by atoms with Gasteiger partial charge in [-0.2, -0.15) is 11.8 Å². The largest absolute Gasteiger partial charge is 0.480 e. The molecule has 8 N–H and O–H groups in total. The molecule has 0 aliphatic heterocycles. The highest BCUT2D eigenvalue weighted by molar-refractivity contribution is 7.98. The number of amides is 3. The quantitative estimate of drug-likeness (QED) is 0.165. The highest BCUT2D eigenvalue weighted by atomic mass is 32.2. The second-order valence-electron chi connectivity index (χ2n) is 6.93. The van der Waals surface area contributed by atoms with Crippen molar-refractivity contribution >= 4 is 35.5 Å². The van der Waals surface area contributed by atoms with E-state index < -0.39 is 60.6 Å². The molecule has 3 amide bonds. The van der Waals surface area contributed by atoms with Gasteiger partial charge in [-0.1, -0.05) is 13.8 Å². The van der Waals surface area contributed by atoms with E-state index in [-0.39, 0.29) is 5.92 Å². The van der Waals surface area contributed by atoms with Gasteiger partial charge >= 0.3 is 5.97 Å². The molecule has 168 valence electrons. The van der Waals surface area contributed by atoms with Gasteiger partial charge in [0.1, 0.15) is 18.1 Å². The van der Waals surface area contributed by atoms with Crippen LogP contribution in [0.4, 0.5) is 0 Å². The van der Waals surface area contributed by atoms with Crippen molar-refractivity contribution in [2.24, 2.45) is 11.7 Å². The monoisotopic (exact) mass is 436 g/mol. The third-order valence-corrected chi connectivity index (χ3v) is 4.72. The Morgan fingerprint density at radius 2 is 1.48 bits per heavy atom. The number of aliphatic hydroxyl groups excluding tert-OH is 2. The van der Waals surface area contributed by atoms with Crippen LogP contribution in [0.25, 0.3) is 0 Å². The van der Waals surface area contributed by atoms with Gasteiger partial charge in [-0.15, -0.1) is 0 Å². The Kier molecular flexibility index (Phi) is 12.5. The second-order valence-corrected chi connectivity index (χ2v) is 7.91. The van der Waals surface area contributed by atoms with Crippen LogP contribution in [0.2, 0.25) is 0 Å². The zero-order valence-corrected chi connectivity index (χ0v) is 17.9. The fourth-order valence-corrected chi connectivity index (χ4v) is 2.76. The van der Waals surface area contributed by atoms with Crippen LogP contribution in [-0.4, -0.2) is 87.9 Å². The smallest absolute Gasteiger partial charge is 0.328 e. The number of nitrogens with two attached hydrogens (primary N) is 1. The number of aliphatic carboxylic acids is 1. The number of carbonyl (C=O) groups is 4. The summed E-state index contributed by atoms with van der Waals surface area (Å²) >= 11 is 1.53. The van der Waals surface area contributed by atoms with Gasteiger partial charge in [-0.05, 0) is 31.3 Å². The lowest BCUT2D eigenvalue weighted by Gasteiger charge is -2.27. The topological polar surface area (TPSA) is 191 Å². The summed E-state index contributed by atoms with van der Waals surface area (Å²) in [6, 6.07) is -4.90. The number of rotatable bonds is 13. The minimum absolute atomic E-state index is 0.353. The summed E-state index contributed by atoms with van der Waals surface area (Å²) < 4.78 is 0. The molecule has 0 heterocycles. The van der Waals surface area contributed by atoms with Crippen molar-refractivity contribution in [3.63, 3.8) is 0 Å². The summed E-state index contributed by atoms with van der Waals surface area (Å²) in [4.78, 5) is 48.1. The minimum Gasteiger partial charge on any atom is -0.480 e. The predicted molar refractivity (Wildman–Crippen MR) is 108 cm³/mol. The number of carboxylic acid groups (broad SMARTS) is 1. The molecular weight excluding hydrogens is 404 g/mol. The van der Waals surface area contributed by atoms with E-state index in [0.717, 1.165) is 0 Å². The first-order chi connectivity index (χ1) is 13.5. The molecule has 5 unspecified atom stereocenters. The molecule has 0 bridgehead atoms. The maximum absolute atomic E-state index is 12.6. The Hall–Kier alpha value is -1.89. The molecule has 0 saturated heterocycles. The molecule has 0 aliphatic rings. The fourth-order valence-electron chi connectivity index (χ4n) is 2.27. The van der Waals surface area contributed by atoms with E-state index in [4.69, 9.17) is 15.9 Å². The number of carbonyl (C=O) groups excluding carboxylic acids is 3. The Balaban J connectivity index is 5.21. The number of thioether (sulfide) groups is 1. The van der Waals surface area contributed by atoms with Gasteiger partial charge in [0, 0.05) is 0 Å². The summed E-state index contributed by atoms with van der Waals surface area (Å²) in [5.41, 5.74) is 5.81. The summed E-state index contributed by atoms with van der Waals surface area (Å²) in [6.45, 7) is 3.74. The van der Waals surface area contributed by atoms with Gasteiger partial charge in [0.25, 0.3) is 0 Å². The minimum atomic E-state index is -1.59. The number of nitrogens with one attached hydrogen (secondary N) is 3. The van der Waals surface area contributed by atoms with Gasteiger partial charge in [0.2, 0.25) is 17.7 Å². The first-order valence-electron chi connectivity index (χ1n) is 9.13. The molecule has 12 heteroatoms. The fraction of sp³-hybridized carbons (Fsp3) is 0.765. The zero-order chi connectivity index (χ0) is 22.7. The van der Waals surface area contributed by atoms with Gasteiger partial charge in [-0.25, -0.2) is 4.79 Å². The highest BCUT2D eigenvalue weighted by Gasteiger charge is 2.33. The summed E-state index contributed by atoms with van der Waals surface area (Å²) in [6.07, 6.45) is 0.942. The molecule has 0 saturated carbocycles. The summed E-state index contributed by atoms with van der Waals surface area (Å²) in [5, 5.41) is 34.7. The van der Waals surface area contributed by atoms with Gasteiger partial charge < -0.3 is 37.0 Å². The first-order valence-corrected chi connectivity index (χ1v) is 10.5. The maximum Gasteiger partial charge on any atom is 0.328 e. The van der Waals surface area contributed by atoms with E-state index in [2.05, 4.69) is 10.6 Å². The molecule has 5 atom stereocenters. The Morgan fingerprint density at radius 3 is 1.90 bits per heavy atom. The third-order valence-electron chi connectivity index (χ3n) is 4.08. The van der Waals surface area contributed by atoms with Crippen LogP contribution in [0, 0.1) is 5.92 Å². The van der Waals surface area contributed by atoms with Crippen LogP contribution < -0.4 is 21.7 Å². The second kappa shape index (κ2) is 13.4. The standard InChI is InChI=1S/C17H32N4O7S/c1-8(2)12(20-14(24)10(18)5-6-29-4)15(25)21-13(9(3)23)16(26)19-11(7-22)17(27)28/h8-13,22-23H,5-7,18H2,1-4H3,(H,19,26)(H,20,24)(H,21,25)(H,27,28). The van der Waals surface area contributed by atoms with Crippen LogP contribution in [0.15, 0.2) is 0 Å². The molecule has 0 spiro atoms. The van der Waals surface area contributed by atoms with Crippen molar-refractivity contribution in [2.45, 2.75) is 57.5 Å². The van der Waals surface area contributed by atoms with Crippen molar-refractivity contribution in [2.75, 3.05) is 18.6 Å². The van der Waals surface area contributed by atoms with E-state index in [1.54, 1.807) is 13.8 Å². The molecular formula is C17H32N4O7S. The van der Waals surface area contributed by atoms with Crippen molar-refractivity contribution in [1.29, 1.82) is 0 Å². The molecule has 0 fully saturated rings. The lowest BCUT2D eigenvalue weighted by atomic mass is 10.0. The molecule has 0 radical (unpaired) electrons. The van der Waals surface area contributed by atoms with E-state index in [9.17, 15) is 24.3 Å². The zero-order valence-electron chi connectivity index (χ0n) is 17.0. The van der Waals surface area contributed by atoms with Crippen molar-refractivity contribution < 1.29 is 34.5 Å². The molecule has 29 heavy (non-hydrogen) atoms. The Morgan fingerprint density at radius 1 is 0.966 bits per heavy atom. The SMILES string of the molecule is CSCCC(N)C(=O)NC(C(=O)NC(C(=O)NC(CO)C(=O)O)C(C)O)C(C)C. The Labute approximate surface area is 174 Å². The van der Waals surface area contributed by atoms with E-state index in [1.807, 2.05) is 11.6 Å². The molecule has 11 nitrogen and oxygen atoms in total. The van der Waals surface area contributed by atoms with Crippen molar-refractivity contribution in [3.8, 4) is 0 Å². The Bertz CT molecular complexity index is 574. The van der Waals surface area contributed by atoms with Crippen molar-refractivity contribution in [1.82, 2.24) is 16.0 Å². The molecule has 0 aromatic carbocycles.